The summed E-state index contributed by atoms with van der Waals surface area (Å²) in [6.45, 7) is 1.76. The van der Waals surface area contributed by atoms with Gasteiger partial charge in [0.1, 0.15) is 17.3 Å². The van der Waals surface area contributed by atoms with Gasteiger partial charge in [-0.05, 0) is 31.2 Å². The number of aromatic nitrogens is 3. The second-order valence-corrected chi connectivity index (χ2v) is 5.96. The Balaban J connectivity index is 1.84. The van der Waals surface area contributed by atoms with Gasteiger partial charge in [0.2, 0.25) is 0 Å². The van der Waals surface area contributed by atoms with Crippen LogP contribution in [0.25, 0.3) is 5.69 Å². The van der Waals surface area contributed by atoms with E-state index < -0.39 is 5.91 Å². The van der Waals surface area contributed by atoms with E-state index in [1.165, 1.54) is 17.9 Å². The monoisotopic (exact) mass is 374 g/mol. The molecule has 26 heavy (non-hydrogen) atoms. The van der Waals surface area contributed by atoms with Crippen molar-refractivity contribution in [2.45, 2.75) is 13.5 Å². The van der Waals surface area contributed by atoms with Crippen LogP contribution in [-0.4, -0.2) is 28.0 Å². The van der Waals surface area contributed by atoms with Crippen molar-refractivity contribution in [3.05, 3.63) is 70.3 Å². The molecule has 0 spiro atoms. The third-order valence-corrected chi connectivity index (χ3v) is 4.11. The zero-order valence-electron chi connectivity index (χ0n) is 14.2. The summed E-state index contributed by atoms with van der Waals surface area (Å²) in [6, 6.07) is 11.3. The third-order valence-electron chi connectivity index (χ3n) is 3.88. The Morgan fingerprint density at radius 3 is 2.81 bits per heavy atom. The molecule has 1 heterocycles. The van der Waals surface area contributed by atoms with Crippen molar-refractivity contribution in [1.29, 1.82) is 0 Å². The number of nitrogens with zero attached hydrogens (tertiary/aromatic N) is 3. The van der Waals surface area contributed by atoms with E-state index in [2.05, 4.69) is 15.6 Å². The number of hydrogen-bond acceptors (Lipinski definition) is 4. The van der Waals surface area contributed by atoms with Gasteiger partial charge in [-0.2, -0.15) is 0 Å². The van der Waals surface area contributed by atoms with Crippen molar-refractivity contribution in [2.24, 2.45) is 0 Å². The third kappa shape index (κ3) is 3.52. The minimum Gasteiger partial charge on any atom is -0.494 e. The molecule has 6 nitrogen and oxygen atoms in total. The molecule has 0 atom stereocenters. The van der Waals surface area contributed by atoms with Gasteiger partial charge in [0.05, 0.1) is 12.8 Å². The fraction of sp³-hybridized carbons (Fsp3) is 0.167. The first-order valence-corrected chi connectivity index (χ1v) is 8.17. The number of amides is 1. The molecule has 0 aliphatic rings. The minimum absolute atomic E-state index is 0.0539. The fourth-order valence-corrected chi connectivity index (χ4v) is 2.66. The second-order valence-electron chi connectivity index (χ2n) is 5.53. The molecule has 2 aromatic carbocycles. The normalized spacial score (nSPS) is 10.6. The number of hydrogen-bond donors (Lipinski definition) is 1. The highest BCUT2D eigenvalue weighted by atomic mass is 35.5. The number of ether oxygens (including phenoxy) is 1. The Hall–Kier alpha value is -2.93. The van der Waals surface area contributed by atoms with Gasteiger partial charge in [-0.15, -0.1) is 5.10 Å². The molecule has 8 heteroatoms. The molecule has 0 unspecified atom stereocenters. The second kappa shape index (κ2) is 7.53. The van der Waals surface area contributed by atoms with Gasteiger partial charge in [-0.25, -0.2) is 9.07 Å². The van der Waals surface area contributed by atoms with Gasteiger partial charge in [0.25, 0.3) is 5.91 Å². The number of carbonyl (C=O) groups is 1. The van der Waals surface area contributed by atoms with Gasteiger partial charge in [-0.3, -0.25) is 4.79 Å². The Labute approximate surface area is 154 Å². The number of benzene rings is 2. The summed E-state index contributed by atoms with van der Waals surface area (Å²) in [5, 5.41) is 11.1. The van der Waals surface area contributed by atoms with Crippen LogP contribution in [0.5, 0.6) is 5.75 Å². The zero-order valence-corrected chi connectivity index (χ0v) is 14.9. The highest BCUT2D eigenvalue weighted by Crippen LogP contribution is 2.27. The van der Waals surface area contributed by atoms with Gasteiger partial charge < -0.3 is 10.1 Å². The molecule has 134 valence electrons. The summed E-state index contributed by atoms with van der Waals surface area (Å²) >= 11 is 6.05. The molecule has 1 aromatic heterocycles. The van der Waals surface area contributed by atoms with Crippen molar-refractivity contribution < 1.29 is 13.9 Å². The van der Waals surface area contributed by atoms with Crippen molar-refractivity contribution in [3.63, 3.8) is 0 Å². The topological polar surface area (TPSA) is 69.0 Å². The fourth-order valence-electron chi connectivity index (χ4n) is 2.50. The van der Waals surface area contributed by atoms with Crippen LogP contribution in [0, 0.1) is 12.7 Å². The van der Waals surface area contributed by atoms with Gasteiger partial charge in [0, 0.05) is 17.1 Å². The summed E-state index contributed by atoms with van der Waals surface area (Å²) in [7, 11) is 1.53. The van der Waals surface area contributed by atoms with E-state index in [1.807, 2.05) is 0 Å². The van der Waals surface area contributed by atoms with Crippen LogP contribution in [-0.2, 0) is 6.54 Å². The number of halogens is 2. The van der Waals surface area contributed by atoms with Crippen molar-refractivity contribution in [2.75, 3.05) is 7.11 Å². The number of methoxy groups -OCH3 is 1. The van der Waals surface area contributed by atoms with E-state index in [0.717, 1.165) is 0 Å². The van der Waals surface area contributed by atoms with Crippen LogP contribution >= 0.6 is 11.6 Å². The SMILES string of the molecule is COc1ccc(Cl)cc1-n1nnc(C(=O)NCc2ccccc2F)c1C. The highest BCUT2D eigenvalue weighted by molar-refractivity contribution is 6.30. The molecule has 0 aliphatic carbocycles. The highest BCUT2D eigenvalue weighted by Gasteiger charge is 2.19. The summed E-state index contributed by atoms with van der Waals surface area (Å²) in [4.78, 5) is 12.4. The molecule has 0 aliphatic heterocycles. The van der Waals surface area contributed by atoms with E-state index in [9.17, 15) is 9.18 Å². The molecule has 3 aromatic rings. The van der Waals surface area contributed by atoms with E-state index in [1.54, 1.807) is 43.3 Å². The zero-order chi connectivity index (χ0) is 18.7. The molecule has 1 amide bonds. The Morgan fingerprint density at radius 1 is 1.31 bits per heavy atom. The van der Waals surface area contributed by atoms with E-state index in [4.69, 9.17) is 16.3 Å². The van der Waals surface area contributed by atoms with Gasteiger partial charge in [-0.1, -0.05) is 35.0 Å². The minimum atomic E-state index is -0.446. The number of nitrogens with one attached hydrogen (secondary N) is 1. The summed E-state index contributed by atoms with van der Waals surface area (Å²) in [5.41, 5.74) is 1.61. The molecular formula is C18H16ClFN4O2. The van der Waals surface area contributed by atoms with Crippen LogP contribution in [0.3, 0.4) is 0 Å². The predicted octanol–water partition coefficient (Wildman–Crippen LogP) is 3.31. The molecule has 0 fully saturated rings. The molecule has 0 bridgehead atoms. The van der Waals surface area contributed by atoms with Gasteiger partial charge >= 0.3 is 0 Å². The van der Waals surface area contributed by atoms with E-state index in [0.29, 0.717) is 27.7 Å². The first kappa shape index (κ1) is 17.9. The van der Waals surface area contributed by atoms with E-state index >= 15 is 0 Å². The Bertz CT molecular complexity index is 958. The molecule has 0 saturated heterocycles. The Morgan fingerprint density at radius 2 is 2.08 bits per heavy atom. The van der Waals surface area contributed by atoms with Crippen LogP contribution in [0.15, 0.2) is 42.5 Å². The van der Waals surface area contributed by atoms with Crippen LogP contribution < -0.4 is 10.1 Å². The van der Waals surface area contributed by atoms with E-state index in [-0.39, 0.29) is 18.1 Å². The van der Waals surface area contributed by atoms with Crippen molar-refractivity contribution in [1.82, 2.24) is 20.3 Å². The maximum absolute atomic E-state index is 13.7. The lowest BCUT2D eigenvalue weighted by Gasteiger charge is -2.10. The van der Waals surface area contributed by atoms with Crippen molar-refractivity contribution >= 4 is 17.5 Å². The van der Waals surface area contributed by atoms with Crippen LogP contribution in [0.2, 0.25) is 5.02 Å². The molecule has 0 saturated carbocycles. The van der Waals surface area contributed by atoms with Gasteiger partial charge in [0.15, 0.2) is 5.69 Å². The van der Waals surface area contributed by atoms with Crippen LogP contribution in [0.4, 0.5) is 4.39 Å². The smallest absolute Gasteiger partial charge is 0.274 e. The average molecular weight is 375 g/mol. The molecule has 3 rings (SSSR count). The lowest BCUT2D eigenvalue weighted by Crippen LogP contribution is -2.24. The first-order valence-electron chi connectivity index (χ1n) is 7.79. The molecular weight excluding hydrogens is 359 g/mol. The maximum Gasteiger partial charge on any atom is 0.274 e. The first-order chi connectivity index (χ1) is 12.5. The quantitative estimate of drug-likeness (QED) is 0.744. The standard InChI is InChI=1S/C18H16ClFN4O2/c1-11-17(18(25)21-10-12-5-3-4-6-14(12)20)22-23-24(11)15-9-13(19)7-8-16(15)26-2/h3-9H,10H2,1-2H3,(H,21,25). The number of carbonyl (C=O) groups excluding carboxylic acids is 1. The predicted molar refractivity (Wildman–Crippen MR) is 95.2 cm³/mol. The lowest BCUT2D eigenvalue weighted by molar-refractivity contribution is 0.0945. The van der Waals surface area contributed by atoms with Crippen LogP contribution in [0.1, 0.15) is 21.7 Å². The van der Waals surface area contributed by atoms with Crippen molar-refractivity contribution in [3.8, 4) is 11.4 Å². The summed E-state index contributed by atoms with van der Waals surface area (Å²) in [5.74, 6) is -0.282. The summed E-state index contributed by atoms with van der Waals surface area (Å²) in [6.07, 6.45) is 0. The molecule has 1 N–H and O–H groups in total. The maximum atomic E-state index is 13.7. The largest absolute Gasteiger partial charge is 0.494 e. The summed E-state index contributed by atoms with van der Waals surface area (Å²) < 4.78 is 20.4. The Kier molecular flexibility index (Phi) is 5.18. The average Bonchev–Trinajstić information content (AvgIpc) is 3.02. The number of rotatable bonds is 5. The lowest BCUT2D eigenvalue weighted by atomic mass is 10.2. The molecule has 0 radical (unpaired) electrons.